The first kappa shape index (κ1) is 25.1. The molecule has 1 saturated carbocycles. The van der Waals surface area contributed by atoms with Gasteiger partial charge in [-0.15, -0.1) is 0 Å². The highest BCUT2D eigenvalue weighted by atomic mass is 32.2. The molecule has 34 heavy (non-hydrogen) atoms. The third-order valence-electron chi connectivity index (χ3n) is 7.54. The Kier molecular flexibility index (Phi) is 8.26. The number of sulfonamides is 1. The van der Waals surface area contributed by atoms with Gasteiger partial charge < -0.3 is 14.7 Å². The van der Waals surface area contributed by atoms with E-state index in [-0.39, 0.29) is 29.8 Å². The van der Waals surface area contributed by atoms with Gasteiger partial charge in [0.2, 0.25) is 15.9 Å². The second-order valence-electron chi connectivity index (χ2n) is 9.88. The Balaban J connectivity index is 1.33. The molecule has 3 fully saturated rings. The van der Waals surface area contributed by atoms with Crippen LogP contribution >= 0.6 is 0 Å². The van der Waals surface area contributed by atoms with Crippen LogP contribution in [0.15, 0.2) is 29.2 Å². The summed E-state index contributed by atoms with van der Waals surface area (Å²) in [5, 5.41) is 0. The molecule has 1 aromatic carbocycles. The minimum absolute atomic E-state index is 0.0291. The van der Waals surface area contributed by atoms with E-state index in [4.69, 9.17) is 0 Å². The summed E-state index contributed by atoms with van der Waals surface area (Å²) >= 11 is 0. The molecule has 2 amide bonds. The largest absolute Gasteiger partial charge is 0.340 e. The molecular weight excluding hydrogens is 452 g/mol. The van der Waals surface area contributed by atoms with E-state index in [0.717, 1.165) is 38.5 Å². The van der Waals surface area contributed by atoms with Gasteiger partial charge in [-0.3, -0.25) is 9.59 Å². The van der Waals surface area contributed by atoms with Crippen LogP contribution in [-0.4, -0.2) is 98.1 Å². The van der Waals surface area contributed by atoms with Crippen LogP contribution in [0.3, 0.4) is 0 Å². The van der Waals surface area contributed by atoms with Crippen molar-refractivity contribution < 1.29 is 18.0 Å². The van der Waals surface area contributed by atoms with Crippen LogP contribution in [0.1, 0.15) is 55.8 Å². The Morgan fingerprint density at radius 3 is 2.09 bits per heavy atom. The maximum atomic E-state index is 13.1. The lowest BCUT2D eigenvalue weighted by atomic mass is 9.89. The van der Waals surface area contributed by atoms with E-state index in [1.54, 1.807) is 17.0 Å². The van der Waals surface area contributed by atoms with E-state index in [9.17, 15) is 18.0 Å². The third kappa shape index (κ3) is 5.98. The number of hydrogen-bond donors (Lipinski definition) is 0. The number of nitrogens with zero attached hydrogens (tertiary/aromatic N) is 4. The summed E-state index contributed by atoms with van der Waals surface area (Å²) < 4.78 is 27.4. The van der Waals surface area contributed by atoms with Crippen molar-refractivity contribution in [2.24, 2.45) is 5.92 Å². The summed E-state index contributed by atoms with van der Waals surface area (Å²) in [6, 6.07) is 6.33. The number of carbonyl (C=O) groups is 2. The minimum Gasteiger partial charge on any atom is -0.340 e. The SMILES string of the molecule is CC(=O)N1CCN(S(=O)(=O)c2ccc(C(=O)N3CCCN(CC4CCCCC4)CC3)cc2)CC1. The zero-order chi connectivity index (χ0) is 24.1. The van der Waals surface area contributed by atoms with Gasteiger partial charge in [0, 0.05) is 64.8 Å². The summed E-state index contributed by atoms with van der Waals surface area (Å²) in [7, 11) is -3.64. The fourth-order valence-electron chi connectivity index (χ4n) is 5.44. The molecule has 0 bridgehead atoms. The molecule has 0 unspecified atom stereocenters. The van der Waals surface area contributed by atoms with Crippen LogP contribution in [0.25, 0.3) is 0 Å². The van der Waals surface area contributed by atoms with Crippen molar-refractivity contribution in [3.63, 3.8) is 0 Å². The molecule has 0 aromatic heterocycles. The van der Waals surface area contributed by atoms with Crippen molar-refractivity contribution in [2.75, 3.05) is 58.9 Å². The van der Waals surface area contributed by atoms with Crippen LogP contribution in [0.5, 0.6) is 0 Å². The summed E-state index contributed by atoms with van der Waals surface area (Å²) in [6.07, 6.45) is 7.71. The van der Waals surface area contributed by atoms with Crippen LogP contribution in [0, 0.1) is 5.92 Å². The second-order valence-corrected chi connectivity index (χ2v) is 11.8. The molecule has 3 aliphatic rings. The van der Waals surface area contributed by atoms with E-state index in [1.807, 2.05) is 4.90 Å². The fourth-order valence-corrected chi connectivity index (χ4v) is 6.86. The monoisotopic (exact) mass is 490 g/mol. The van der Waals surface area contributed by atoms with Crippen molar-refractivity contribution >= 4 is 21.8 Å². The zero-order valence-corrected chi connectivity index (χ0v) is 21.1. The van der Waals surface area contributed by atoms with Crippen LogP contribution in [0.4, 0.5) is 0 Å². The Morgan fingerprint density at radius 1 is 0.794 bits per heavy atom. The fraction of sp³-hybridized carbons (Fsp3) is 0.680. The van der Waals surface area contributed by atoms with Crippen LogP contribution in [0.2, 0.25) is 0 Å². The second kappa shape index (κ2) is 11.2. The van der Waals surface area contributed by atoms with E-state index in [2.05, 4.69) is 4.90 Å². The normalized spacial score (nSPS) is 21.9. The predicted molar refractivity (Wildman–Crippen MR) is 131 cm³/mol. The Labute approximate surface area is 203 Å². The molecule has 0 atom stereocenters. The van der Waals surface area contributed by atoms with Gasteiger partial charge in [0.25, 0.3) is 5.91 Å². The highest BCUT2D eigenvalue weighted by Gasteiger charge is 2.30. The van der Waals surface area contributed by atoms with Crippen molar-refractivity contribution in [1.29, 1.82) is 0 Å². The number of rotatable bonds is 5. The summed E-state index contributed by atoms with van der Waals surface area (Å²) in [5.74, 6) is 0.736. The zero-order valence-electron chi connectivity index (χ0n) is 20.3. The van der Waals surface area contributed by atoms with Gasteiger partial charge in [-0.2, -0.15) is 4.31 Å². The predicted octanol–water partition coefficient (Wildman–Crippen LogP) is 2.27. The third-order valence-corrected chi connectivity index (χ3v) is 9.45. The molecular formula is C25H38N4O4S. The van der Waals surface area contributed by atoms with Gasteiger partial charge in [-0.25, -0.2) is 8.42 Å². The summed E-state index contributed by atoms with van der Waals surface area (Å²) in [4.78, 5) is 30.9. The number of piperazine rings is 1. The highest BCUT2D eigenvalue weighted by Crippen LogP contribution is 2.25. The molecule has 0 spiro atoms. The topological polar surface area (TPSA) is 81.2 Å². The Bertz CT molecular complexity index is 952. The quantitative estimate of drug-likeness (QED) is 0.633. The summed E-state index contributed by atoms with van der Waals surface area (Å²) in [6.45, 7) is 7.41. The van der Waals surface area contributed by atoms with E-state index in [0.29, 0.717) is 25.2 Å². The molecule has 1 aliphatic carbocycles. The average molecular weight is 491 g/mol. The molecule has 2 heterocycles. The van der Waals surface area contributed by atoms with Gasteiger partial charge in [0.05, 0.1) is 4.90 Å². The average Bonchev–Trinajstić information content (AvgIpc) is 3.10. The Hall–Kier alpha value is -1.97. The van der Waals surface area contributed by atoms with Gasteiger partial charge >= 0.3 is 0 Å². The van der Waals surface area contributed by atoms with Crippen molar-refractivity contribution in [3.8, 4) is 0 Å². The molecule has 2 saturated heterocycles. The smallest absolute Gasteiger partial charge is 0.253 e. The minimum atomic E-state index is -3.64. The van der Waals surface area contributed by atoms with E-state index < -0.39 is 10.0 Å². The van der Waals surface area contributed by atoms with Gasteiger partial charge in [-0.05, 0) is 56.0 Å². The molecule has 9 heteroatoms. The van der Waals surface area contributed by atoms with Crippen LogP contribution in [-0.2, 0) is 14.8 Å². The van der Waals surface area contributed by atoms with Crippen molar-refractivity contribution in [3.05, 3.63) is 29.8 Å². The standard InChI is InChI=1S/C25H38N4O4S/c1-21(30)27-16-18-29(19-17-27)34(32,33)24-10-8-23(9-11-24)25(31)28-13-5-12-26(14-15-28)20-22-6-3-2-4-7-22/h8-11,22H,2-7,12-20H2,1H3. The van der Waals surface area contributed by atoms with Gasteiger partial charge in [0.15, 0.2) is 0 Å². The van der Waals surface area contributed by atoms with Crippen molar-refractivity contribution in [1.82, 2.24) is 19.0 Å². The van der Waals surface area contributed by atoms with Gasteiger partial charge in [0.1, 0.15) is 0 Å². The maximum Gasteiger partial charge on any atom is 0.253 e. The van der Waals surface area contributed by atoms with Gasteiger partial charge in [-0.1, -0.05) is 19.3 Å². The first-order chi connectivity index (χ1) is 16.3. The number of hydrogen-bond acceptors (Lipinski definition) is 5. The molecule has 0 N–H and O–H groups in total. The van der Waals surface area contributed by atoms with E-state index >= 15 is 0 Å². The maximum absolute atomic E-state index is 13.1. The van der Waals surface area contributed by atoms with E-state index in [1.165, 1.54) is 55.5 Å². The molecule has 4 rings (SSSR count). The first-order valence-corrected chi connectivity index (χ1v) is 14.2. The number of carbonyl (C=O) groups excluding carboxylic acids is 2. The number of benzene rings is 1. The molecule has 1 aromatic rings. The lowest BCUT2D eigenvalue weighted by molar-refractivity contribution is -0.129. The lowest BCUT2D eigenvalue weighted by Crippen LogP contribution is -2.49. The van der Waals surface area contributed by atoms with Crippen molar-refractivity contribution in [2.45, 2.75) is 50.3 Å². The molecule has 0 radical (unpaired) electrons. The molecule has 188 valence electrons. The lowest BCUT2D eigenvalue weighted by Gasteiger charge is -2.33. The molecule has 2 aliphatic heterocycles. The summed E-state index contributed by atoms with van der Waals surface area (Å²) in [5.41, 5.74) is 0.529. The highest BCUT2D eigenvalue weighted by molar-refractivity contribution is 7.89. The first-order valence-electron chi connectivity index (χ1n) is 12.7. The Morgan fingerprint density at radius 2 is 1.44 bits per heavy atom. The van der Waals surface area contributed by atoms with Crippen LogP contribution < -0.4 is 0 Å². The number of amides is 2. The molecule has 8 nitrogen and oxygen atoms in total.